The molecule has 0 saturated heterocycles. The summed E-state index contributed by atoms with van der Waals surface area (Å²) in [5, 5.41) is 0. The normalized spacial score (nSPS) is 11.3. The van der Waals surface area contributed by atoms with Crippen molar-refractivity contribution in [2.45, 2.75) is 32.6 Å². The van der Waals surface area contributed by atoms with Crippen molar-refractivity contribution in [1.82, 2.24) is 0 Å². The highest BCUT2D eigenvalue weighted by Gasteiger charge is 2.30. The summed E-state index contributed by atoms with van der Waals surface area (Å²) in [5.41, 5.74) is 0. The van der Waals surface area contributed by atoms with Gasteiger partial charge in [0.2, 0.25) is 0 Å². The van der Waals surface area contributed by atoms with Crippen molar-refractivity contribution in [3.05, 3.63) is 60.7 Å². The third kappa shape index (κ3) is 8.31. The summed E-state index contributed by atoms with van der Waals surface area (Å²) in [6, 6.07) is 17.9. The molecule has 2 aromatic rings. The number of phosphoric ester groups is 1. The molecule has 0 unspecified atom stereocenters. The van der Waals surface area contributed by atoms with Crippen LogP contribution in [0.1, 0.15) is 32.6 Å². The molecule has 0 atom stereocenters. The standard InChI is InChI=1S/C20H27O4PS/c1-2-3-4-11-17-26-18-16-22-25(21,23-19-12-7-5-8-13-19)24-20-14-9-6-10-15-20/h5-10,12-15H,2-4,11,16-18H2,1H3. The summed E-state index contributed by atoms with van der Waals surface area (Å²) < 4.78 is 29.7. The molecule has 4 nitrogen and oxygen atoms in total. The van der Waals surface area contributed by atoms with Crippen molar-refractivity contribution >= 4 is 19.6 Å². The van der Waals surface area contributed by atoms with E-state index in [0.29, 0.717) is 18.1 Å². The Kier molecular flexibility index (Phi) is 9.68. The van der Waals surface area contributed by atoms with E-state index in [-0.39, 0.29) is 0 Å². The van der Waals surface area contributed by atoms with Crippen molar-refractivity contribution in [1.29, 1.82) is 0 Å². The van der Waals surface area contributed by atoms with Crippen LogP contribution in [0, 0.1) is 0 Å². The highest BCUT2D eigenvalue weighted by Crippen LogP contribution is 2.49. The maximum absolute atomic E-state index is 13.1. The van der Waals surface area contributed by atoms with Gasteiger partial charge in [0.25, 0.3) is 0 Å². The lowest BCUT2D eigenvalue weighted by Gasteiger charge is -2.19. The molecule has 0 N–H and O–H groups in total. The fourth-order valence-electron chi connectivity index (χ4n) is 2.23. The van der Waals surface area contributed by atoms with Crippen LogP contribution in [0.3, 0.4) is 0 Å². The molecule has 26 heavy (non-hydrogen) atoms. The Morgan fingerprint density at radius 1 is 0.808 bits per heavy atom. The summed E-state index contributed by atoms with van der Waals surface area (Å²) in [6.45, 7) is 2.52. The molecule has 2 aromatic carbocycles. The van der Waals surface area contributed by atoms with E-state index in [1.54, 1.807) is 36.0 Å². The van der Waals surface area contributed by atoms with E-state index in [1.165, 1.54) is 25.7 Å². The highest BCUT2D eigenvalue weighted by molar-refractivity contribution is 7.99. The average molecular weight is 394 g/mol. The topological polar surface area (TPSA) is 44.8 Å². The molecular weight excluding hydrogens is 367 g/mol. The average Bonchev–Trinajstić information content (AvgIpc) is 2.65. The van der Waals surface area contributed by atoms with Crippen molar-refractivity contribution in [3.8, 4) is 11.5 Å². The van der Waals surface area contributed by atoms with Gasteiger partial charge in [0.1, 0.15) is 11.5 Å². The van der Waals surface area contributed by atoms with Crippen LogP contribution in [-0.2, 0) is 9.09 Å². The van der Waals surface area contributed by atoms with E-state index < -0.39 is 7.82 Å². The van der Waals surface area contributed by atoms with Crippen molar-refractivity contribution in [2.75, 3.05) is 18.1 Å². The van der Waals surface area contributed by atoms with Crippen LogP contribution in [0.2, 0.25) is 0 Å². The lowest BCUT2D eigenvalue weighted by molar-refractivity contribution is 0.221. The molecule has 0 radical (unpaired) electrons. The van der Waals surface area contributed by atoms with E-state index in [2.05, 4.69) is 6.92 Å². The molecule has 0 heterocycles. The third-order valence-corrected chi connectivity index (χ3v) is 5.94. The second kappa shape index (κ2) is 12.1. The van der Waals surface area contributed by atoms with Crippen LogP contribution >= 0.6 is 19.6 Å². The minimum Gasteiger partial charge on any atom is -0.395 e. The lowest BCUT2D eigenvalue weighted by atomic mass is 10.2. The van der Waals surface area contributed by atoms with Gasteiger partial charge in [-0.3, -0.25) is 4.52 Å². The van der Waals surface area contributed by atoms with E-state index >= 15 is 0 Å². The minimum absolute atomic E-state index is 0.315. The van der Waals surface area contributed by atoms with Crippen LogP contribution in [0.15, 0.2) is 60.7 Å². The second-order valence-electron chi connectivity index (χ2n) is 5.76. The largest absolute Gasteiger partial charge is 0.587 e. The first-order chi connectivity index (χ1) is 12.7. The van der Waals surface area contributed by atoms with Crippen molar-refractivity contribution in [2.24, 2.45) is 0 Å². The van der Waals surface area contributed by atoms with Crippen molar-refractivity contribution in [3.63, 3.8) is 0 Å². The number of rotatable bonds is 13. The van der Waals surface area contributed by atoms with Gasteiger partial charge in [-0.25, -0.2) is 4.57 Å². The van der Waals surface area contributed by atoms with Gasteiger partial charge >= 0.3 is 7.82 Å². The summed E-state index contributed by atoms with van der Waals surface area (Å²) in [4.78, 5) is 0. The smallest absolute Gasteiger partial charge is 0.395 e. The SMILES string of the molecule is CCCCCCSCCOP(=O)(Oc1ccccc1)Oc1ccccc1. The van der Waals surface area contributed by atoms with Gasteiger partial charge in [0, 0.05) is 5.75 Å². The fourth-order valence-corrected chi connectivity index (χ4v) is 4.39. The molecule has 2 rings (SSSR count). The molecule has 0 aliphatic heterocycles. The fraction of sp³-hybridized carbons (Fsp3) is 0.400. The van der Waals surface area contributed by atoms with Crippen molar-refractivity contribution < 1.29 is 18.1 Å². The van der Waals surface area contributed by atoms with Crippen LogP contribution in [0.4, 0.5) is 0 Å². The Hall–Kier alpha value is -1.42. The van der Waals surface area contributed by atoms with E-state index in [1.807, 2.05) is 36.4 Å². The zero-order chi connectivity index (χ0) is 18.5. The third-order valence-electron chi connectivity index (χ3n) is 3.54. The van der Waals surface area contributed by atoms with E-state index in [9.17, 15) is 4.57 Å². The van der Waals surface area contributed by atoms with Crippen LogP contribution in [0.25, 0.3) is 0 Å². The van der Waals surface area contributed by atoms with Crippen LogP contribution in [-0.4, -0.2) is 18.1 Å². The Labute approximate surface area is 160 Å². The molecule has 0 aromatic heterocycles. The Morgan fingerprint density at radius 2 is 1.38 bits per heavy atom. The van der Waals surface area contributed by atoms with Gasteiger partial charge in [-0.05, 0) is 36.4 Å². The first-order valence-corrected chi connectivity index (χ1v) is 11.6. The Balaban J connectivity index is 1.85. The second-order valence-corrected chi connectivity index (χ2v) is 8.50. The summed E-state index contributed by atoms with van der Waals surface area (Å²) in [7, 11) is -3.74. The molecule has 0 saturated carbocycles. The molecule has 0 aliphatic rings. The van der Waals surface area contributed by atoms with Crippen LogP contribution < -0.4 is 9.05 Å². The maximum atomic E-state index is 13.1. The maximum Gasteiger partial charge on any atom is 0.587 e. The quantitative estimate of drug-likeness (QED) is 0.283. The minimum atomic E-state index is -3.74. The van der Waals surface area contributed by atoms with Gasteiger partial charge in [-0.2, -0.15) is 11.8 Å². The van der Waals surface area contributed by atoms with Gasteiger partial charge in [-0.1, -0.05) is 62.6 Å². The molecule has 0 spiro atoms. The number of hydrogen-bond donors (Lipinski definition) is 0. The lowest BCUT2D eigenvalue weighted by Crippen LogP contribution is -2.07. The molecule has 142 valence electrons. The summed E-state index contributed by atoms with van der Waals surface area (Å²) in [5.74, 6) is 2.76. The van der Waals surface area contributed by atoms with Crippen LogP contribution in [0.5, 0.6) is 11.5 Å². The first-order valence-electron chi connectivity index (χ1n) is 9.03. The molecular formula is C20H27O4PS. The monoisotopic (exact) mass is 394 g/mol. The van der Waals surface area contributed by atoms with Gasteiger partial charge in [-0.15, -0.1) is 0 Å². The number of benzene rings is 2. The van der Waals surface area contributed by atoms with Gasteiger partial charge < -0.3 is 9.05 Å². The number of thioether (sulfide) groups is 1. The zero-order valence-electron chi connectivity index (χ0n) is 15.2. The first kappa shape index (κ1) is 20.9. The Bertz CT molecular complexity index is 606. The molecule has 0 aliphatic carbocycles. The Morgan fingerprint density at radius 3 is 1.92 bits per heavy atom. The predicted octanol–water partition coefficient (Wildman–Crippen LogP) is 6.58. The van der Waals surface area contributed by atoms with E-state index in [4.69, 9.17) is 13.6 Å². The molecule has 0 amide bonds. The summed E-state index contributed by atoms with van der Waals surface area (Å²) in [6.07, 6.45) is 4.99. The molecule has 6 heteroatoms. The van der Waals surface area contributed by atoms with Gasteiger partial charge in [0.15, 0.2) is 0 Å². The van der Waals surface area contributed by atoms with Gasteiger partial charge in [0.05, 0.1) is 6.61 Å². The number of phosphoric acid groups is 1. The van der Waals surface area contributed by atoms with E-state index in [0.717, 1.165) is 11.5 Å². The highest BCUT2D eigenvalue weighted by atomic mass is 32.2. The molecule has 0 fully saturated rings. The zero-order valence-corrected chi connectivity index (χ0v) is 16.9. The number of para-hydroxylation sites is 2. The summed E-state index contributed by atoms with van der Waals surface area (Å²) >= 11 is 1.80. The predicted molar refractivity (Wildman–Crippen MR) is 109 cm³/mol. The number of hydrogen-bond acceptors (Lipinski definition) is 5. The molecule has 0 bridgehead atoms. The number of unbranched alkanes of at least 4 members (excludes halogenated alkanes) is 3.